The van der Waals surface area contributed by atoms with Gasteiger partial charge < -0.3 is 9.64 Å². The maximum Gasteiger partial charge on any atom is 0.253 e. The highest BCUT2D eigenvalue weighted by Crippen LogP contribution is 2.28. The van der Waals surface area contributed by atoms with Crippen LogP contribution in [-0.2, 0) is 14.8 Å². The van der Waals surface area contributed by atoms with Gasteiger partial charge in [0.1, 0.15) is 0 Å². The van der Waals surface area contributed by atoms with Gasteiger partial charge in [-0.05, 0) is 56.2 Å². The molecule has 2 fully saturated rings. The van der Waals surface area contributed by atoms with Crippen molar-refractivity contribution in [3.8, 4) is 0 Å². The predicted octanol–water partition coefficient (Wildman–Crippen LogP) is 2.67. The monoisotopic (exact) mass is 394 g/mol. The Hall–Kier alpha value is -1.44. The zero-order valence-electron chi connectivity index (χ0n) is 16.5. The van der Waals surface area contributed by atoms with Gasteiger partial charge in [0.2, 0.25) is 10.0 Å². The Morgan fingerprint density at radius 3 is 2.41 bits per heavy atom. The number of sulfonamides is 1. The highest BCUT2D eigenvalue weighted by Gasteiger charge is 2.30. The number of aryl methyl sites for hydroxylation is 1. The Labute approximate surface area is 162 Å². The van der Waals surface area contributed by atoms with Gasteiger partial charge in [-0.1, -0.05) is 13.0 Å². The maximum absolute atomic E-state index is 13.0. The Morgan fingerprint density at radius 1 is 1.15 bits per heavy atom. The first kappa shape index (κ1) is 20.3. The van der Waals surface area contributed by atoms with Crippen molar-refractivity contribution in [1.29, 1.82) is 0 Å². The van der Waals surface area contributed by atoms with E-state index in [0.29, 0.717) is 37.4 Å². The quantitative estimate of drug-likeness (QED) is 0.787. The van der Waals surface area contributed by atoms with E-state index in [1.54, 1.807) is 30.0 Å². The fourth-order valence-corrected chi connectivity index (χ4v) is 5.60. The molecule has 27 heavy (non-hydrogen) atoms. The summed E-state index contributed by atoms with van der Waals surface area (Å²) in [4.78, 5) is 15.0. The molecular weight excluding hydrogens is 364 g/mol. The van der Waals surface area contributed by atoms with Crippen LogP contribution in [0.25, 0.3) is 0 Å². The van der Waals surface area contributed by atoms with Crippen LogP contribution in [0.15, 0.2) is 23.1 Å². The van der Waals surface area contributed by atoms with E-state index in [1.807, 2.05) is 7.05 Å². The van der Waals surface area contributed by atoms with Crippen molar-refractivity contribution < 1.29 is 17.9 Å². The van der Waals surface area contributed by atoms with E-state index in [2.05, 4.69) is 6.92 Å². The minimum atomic E-state index is -3.62. The summed E-state index contributed by atoms with van der Waals surface area (Å²) in [6.45, 7) is 5.52. The normalized spacial score (nSPS) is 24.6. The van der Waals surface area contributed by atoms with Gasteiger partial charge in [0.15, 0.2) is 0 Å². The molecular formula is C20H30N2O4S. The van der Waals surface area contributed by atoms with Gasteiger partial charge in [0, 0.05) is 31.7 Å². The van der Waals surface area contributed by atoms with E-state index in [9.17, 15) is 13.2 Å². The van der Waals surface area contributed by atoms with E-state index < -0.39 is 10.0 Å². The topological polar surface area (TPSA) is 66.9 Å². The molecule has 0 unspecified atom stereocenters. The molecule has 7 heteroatoms. The molecule has 1 heterocycles. The zero-order valence-corrected chi connectivity index (χ0v) is 17.3. The second kappa shape index (κ2) is 8.29. The predicted molar refractivity (Wildman–Crippen MR) is 104 cm³/mol. The molecule has 0 aromatic heterocycles. The first-order valence-corrected chi connectivity index (χ1v) is 11.2. The molecule has 1 saturated heterocycles. The molecule has 2 aliphatic rings. The van der Waals surface area contributed by atoms with E-state index in [-0.39, 0.29) is 16.8 Å². The summed E-state index contributed by atoms with van der Waals surface area (Å²) < 4.78 is 32.8. The Morgan fingerprint density at radius 2 is 1.78 bits per heavy atom. The second-order valence-corrected chi connectivity index (χ2v) is 9.73. The standard InChI is InChI=1S/C20H30N2O4S/c1-15-4-8-18(9-5-15)21(3)20(23)17-7-6-16(2)19(14-17)27(24,25)22-10-12-26-13-11-22/h6-7,14-15,18H,4-5,8-13H2,1-3H3. The first-order chi connectivity index (χ1) is 12.8. The Kier molecular flexibility index (Phi) is 6.23. The summed E-state index contributed by atoms with van der Waals surface area (Å²) in [5.41, 5.74) is 1.10. The van der Waals surface area contributed by atoms with E-state index >= 15 is 0 Å². The van der Waals surface area contributed by atoms with Crippen LogP contribution in [-0.4, -0.2) is 62.9 Å². The zero-order chi connectivity index (χ0) is 19.6. The first-order valence-electron chi connectivity index (χ1n) is 9.76. The summed E-state index contributed by atoms with van der Waals surface area (Å²) in [5, 5.41) is 0. The largest absolute Gasteiger partial charge is 0.379 e. The van der Waals surface area contributed by atoms with Crippen LogP contribution < -0.4 is 0 Å². The van der Waals surface area contributed by atoms with E-state index in [1.165, 1.54) is 4.31 Å². The van der Waals surface area contributed by atoms with Crippen LogP contribution in [0, 0.1) is 12.8 Å². The van der Waals surface area contributed by atoms with Crippen molar-refractivity contribution in [2.75, 3.05) is 33.4 Å². The van der Waals surface area contributed by atoms with Crippen LogP contribution >= 0.6 is 0 Å². The van der Waals surface area contributed by atoms with Crippen LogP contribution in [0.3, 0.4) is 0 Å². The average Bonchev–Trinajstić information content (AvgIpc) is 2.68. The number of carbonyl (C=O) groups excluding carboxylic acids is 1. The van der Waals surface area contributed by atoms with Crippen molar-refractivity contribution in [2.45, 2.75) is 50.5 Å². The molecule has 1 aliphatic heterocycles. The summed E-state index contributed by atoms with van der Waals surface area (Å²) in [5.74, 6) is 0.613. The highest BCUT2D eigenvalue weighted by atomic mass is 32.2. The van der Waals surface area contributed by atoms with Gasteiger partial charge in [0.25, 0.3) is 5.91 Å². The fraction of sp³-hybridized carbons (Fsp3) is 0.650. The molecule has 1 aromatic carbocycles. The summed E-state index contributed by atoms with van der Waals surface area (Å²) >= 11 is 0. The minimum Gasteiger partial charge on any atom is -0.379 e. The van der Waals surface area contributed by atoms with E-state index in [4.69, 9.17) is 4.74 Å². The van der Waals surface area contributed by atoms with Crippen LogP contribution in [0.2, 0.25) is 0 Å². The third-order valence-electron chi connectivity index (χ3n) is 5.88. The third kappa shape index (κ3) is 4.36. The number of nitrogens with zero attached hydrogens (tertiary/aromatic N) is 2. The number of benzene rings is 1. The molecule has 0 N–H and O–H groups in total. The van der Waals surface area contributed by atoms with Gasteiger partial charge in [-0.2, -0.15) is 4.31 Å². The lowest BCUT2D eigenvalue weighted by Crippen LogP contribution is -2.41. The molecule has 0 radical (unpaired) electrons. The van der Waals surface area contributed by atoms with Crippen molar-refractivity contribution in [3.05, 3.63) is 29.3 Å². The fourth-order valence-electron chi connectivity index (χ4n) is 3.94. The SMILES string of the molecule is Cc1ccc(C(=O)N(C)C2CCC(C)CC2)cc1S(=O)(=O)N1CCOCC1. The van der Waals surface area contributed by atoms with Gasteiger partial charge in [0.05, 0.1) is 18.1 Å². The van der Waals surface area contributed by atoms with Crippen LogP contribution in [0.1, 0.15) is 48.5 Å². The number of ether oxygens (including phenoxy) is 1. The number of amides is 1. The summed E-state index contributed by atoms with van der Waals surface area (Å²) in [6.07, 6.45) is 4.28. The van der Waals surface area contributed by atoms with Crippen molar-refractivity contribution in [1.82, 2.24) is 9.21 Å². The Bertz CT molecular complexity index is 779. The maximum atomic E-state index is 13.0. The third-order valence-corrected chi connectivity index (χ3v) is 7.92. The van der Waals surface area contributed by atoms with Crippen LogP contribution in [0.4, 0.5) is 0 Å². The number of hydrogen-bond acceptors (Lipinski definition) is 4. The second-order valence-electron chi connectivity index (χ2n) is 7.83. The number of rotatable bonds is 4. The summed E-state index contributed by atoms with van der Waals surface area (Å²) in [7, 11) is -1.79. The Balaban J connectivity index is 1.83. The molecule has 1 saturated carbocycles. The number of morpholine rings is 1. The lowest BCUT2D eigenvalue weighted by atomic mass is 9.86. The molecule has 0 bridgehead atoms. The lowest BCUT2D eigenvalue weighted by molar-refractivity contribution is 0.0679. The van der Waals surface area contributed by atoms with Crippen LogP contribution in [0.5, 0.6) is 0 Å². The van der Waals surface area contributed by atoms with Gasteiger partial charge in [-0.3, -0.25) is 4.79 Å². The van der Waals surface area contributed by atoms with Crippen molar-refractivity contribution >= 4 is 15.9 Å². The van der Waals surface area contributed by atoms with Gasteiger partial charge in [-0.15, -0.1) is 0 Å². The molecule has 6 nitrogen and oxygen atoms in total. The van der Waals surface area contributed by atoms with E-state index in [0.717, 1.165) is 31.6 Å². The van der Waals surface area contributed by atoms with Gasteiger partial charge in [-0.25, -0.2) is 8.42 Å². The molecule has 1 aliphatic carbocycles. The smallest absolute Gasteiger partial charge is 0.253 e. The number of hydrogen-bond donors (Lipinski definition) is 0. The molecule has 3 rings (SSSR count). The molecule has 150 valence electrons. The molecule has 0 atom stereocenters. The average molecular weight is 395 g/mol. The lowest BCUT2D eigenvalue weighted by Gasteiger charge is -2.33. The van der Waals surface area contributed by atoms with Gasteiger partial charge >= 0.3 is 0 Å². The van der Waals surface area contributed by atoms with Crippen molar-refractivity contribution in [3.63, 3.8) is 0 Å². The highest BCUT2D eigenvalue weighted by molar-refractivity contribution is 7.89. The summed E-state index contributed by atoms with van der Waals surface area (Å²) in [6, 6.07) is 5.24. The van der Waals surface area contributed by atoms with Crippen molar-refractivity contribution in [2.24, 2.45) is 5.92 Å². The number of carbonyl (C=O) groups is 1. The minimum absolute atomic E-state index is 0.104. The molecule has 1 amide bonds. The molecule has 1 aromatic rings. The molecule has 0 spiro atoms.